The molecular formula is C25H43F. The van der Waals surface area contributed by atoms with Gasteiger partial charge in [-0.25, -0.2) is 4.39 Å². The molecular weight excluding hydrogens is 319 g/mol. The van der Waals surface area contributed by atoms with E-state index in [1.807, 2.05) is 0 Å². The molecule has 0 spiro atoms. The standard InChI is InChI=1S/C25H43F/c1-3-5-7-20-10-14-22(15-11-20)24-17-16-23(18-25(24)26)21-12-8-19(6-4-2)9-13-21/h3,19-25H,1,4-18H2,2H3. The molecule has 0 aromatic heterocycles. The monoisotopic (exact) mass is 362 g/mol. The van der Waals surface area contributed by atoms with E-state index in [1.165, 1.54) is 83.5 Å². The van der Waals surface area contributed by atoms with Crippen LogP contribution in [0.5, 0.6) is 0 Å². The van der Waals surface area contributed by atoms with Crippen LogP contribution < -0.4 is 0 Å². The molecule has 0 aliphatic heterocycles. The molecule has 0 nitrogen and oxygen atoms in total. The maximum atomic E-state index is 15.1. The van der Waals surface area contributed by atoms with Crippen LogP contribution in [0.4, 0.5) is 4.39 Å². The Kier molecular flexibility index (Phi) is 8.07. The van der Waals surface area contributed by atoms with Crippen LogP contribution in [0.1, 0.15) is 103 Å². The number of halogens is 1. The Bertz CT molecular complexity index is 400. The van der Waals surface area contributed by atoms with E-state index in [4.69, 9.17) is 0 Å². The lowest BCUT2D eigenvalue weighted by Gasteiger charge is -2.43. The van der Waals surface area contributed by atoms with Crippen molar-refractivity contribution in [3.63, 3.8) is 0 Å². The van der Waals surface area contributed by atoms with E-state index in [-0.39, 0.29) is 0 Å². The summed E-state index contributed by atoms with van der Waals surface area (Å²) < 4.78 is 15.1. The number of hydrogen-bond acceptors (Lipinski definition) is 0. The number of allylic oxidation sites excluding steroid dienone is 1. The molecule has 3 rings (SSSR count). The van der Waals surface area contributed by atoms with Crippen LogP contribution in [0, 0.1) is 35.5 Å². The maximum absolute atomic E-state index is 15.1. The van der Waals surface area contributed by atoms with Gasteiger partial charge < -0.3 is 0 Å². The molecule has 150 valence electrons. The van der Waals surface area contributed by atoms with Gasteiger partial charge in [-0.05, 0) is 93.3 Å². The summed E-state index contributed by atoms with van der Waals surface area (Å²) in [5, 5.41) is 0. The molecule has 0 saturated heterocycles. The van der Waals surface area contributed by atoms with Gasteiger partial charge in [0.25, 0.3) is 0 Å². The number of alkyl halides is 1. The van der Waals surface area contributed by atoms with E-state index in [0.717, 1.165) is 30.6 Å². The Hall–Kier alpha value is -0.330. The van der Waals surface area contributed by atoms with Crippen LogP contribution in [0.25, 0.3) is 0 Å². The van der Waals surface area contributed by atoms with Crippen molar-refractivity contribution in [1.29, 1.82) is 0 Å². The normalized spacial score (nSPS) is 41.7. The van der Waals surface area contributed by atoms with E-state index in [0.29, 0.717) is 17.8 Å². The van der Waals surface area contributed by atoms with E-state index in [9.17, 15) is 0 Å². The topological polar surface area (TPSA) is 0 Å². The first-order valence-corrected chi connectivity index (χ1v) is 12.0. The highest BCUT2D eigenvalue weighted by Crippen LogP contribution is 2.47. The molecule has 3 aliphatic rings. The number of hydrogen-bond donors (Lipinski definition) is 0. The van der Waals surface area contributed by atoms with Gasteiger partial charge in [0.05, 0.1) is 0 Å². The summed E-state index contributed by atoms with van der Waals surface area (Å²) in [5.41, 5.74) is 0. The van der Waals surface area contributed by atoms with Gasteiger partial charge in [0.1, 0.15) is 6.17 Å². The lowest BCUT2D eigenvalue weighted by Crippen LogP contribution is -2.36. The highest BCUT2D eigenvalue weighted by Gasteiger charge is 2.39. The second-order valence-electron chi connectivity index (χ2n) is 9.97. The van der Waals surface area contributed by atoms with Crippen LogP contribution in [-0.2, 0) is 0 Å². The van der Waals surface area contributed by atoms with E-state index >= 15 is 4.39 Å². The highest BCUT2D eigenvalue weighted by atomic mass is 19.1. The molecule has 3 atom stereocenters. The highest BCUT2D eigenvalue weighted by molar-refractivity contribution is 4.90. The van der Waals surface area contributed by atoms with Gasteiger partial charge in [0.2, 0.25) is 0 Å². The molecule has 0 heterocycles. The first-order valence-electron chi connectivity index (χ1n) is 12.0. The maximum Gasteiger partial charge on any atom is 0.103 e. The molecule has 1 heteroatoms. The summed E-state index contributed by atoms with van der Waals surface area (Å²) in [6.07, 6.45) is 21.1. The van der Waals surface area contributed by atoms with Crippen molar-refractivity contribution >= 4 is 0 Å². The predicted octanol–water partition coefficient (Wildman–Crippen LogP) is 8.12. The minimum absolute atomic E-state index is 0.392. The molecule has 0 aromatic carbocycles. The molecule has 0 N–H and O–H groups in total. The summed E-state index contributed by atoms with van der Waals surface area (Å²) in [6.45, 7) is 6.17. The average Bonchev–Trinajstić information content (AvgIpc) is 2.68. The van der Waals surface area contributed by atoms with Crippen molar-refractivity contribution in [2.75, 3.05) is 0 Å². The molecule has 3 unspecified atom stereocenters. The van der Waals surface area contributed by atoms with Gasteiger partial charge in [-0.2, -0.15) is 0 Å². The van der Waals surface area contributed by atoms with Crippen molar-refractivity contribution in [3.05, 3.63) is 12.7 Å². The Labute approximate surface area is 162 Å². The fourth-order valence-corrected chi connectivity index (χ4v) is 6.74. The average molecular weight is 363 g/mol. The first kappa shape index (κ1) is 20.4. The second kappa shape index (κ2) is 10.3. The zero-order chi connectivity index (χ0) is 18.4. The van der Waals surface area contributed by atoms with E-state index in [2.05, 4.69) is 19.6 Å². The Morgan fingerprint density at radius 3 is 1.92 bits per heavy atom. The first-order chi connectivity index (χ1) is 12.7. The molecule has 0 amide bonds. The van der Waals surface area contributed by atoms with Gasteiger partial charge in [-0.15, -0.1) is 6.58 Å². The Morgan fingerprint density at radius 2 is 1.35 bits per heavy atom. The fourth-order valence-electron chi connectivity index (χ4n) is 6.74. The van der Waals surface area contributed by atoms with Crippen LogP contribution in [0.3, 0.4) is 0 Å². The van der Waals surface area contributed by atoms with Gasteiger partial charge in [0, 0.05) is 0 Å². The smallest absolute Gasteiger partial charge is 0.103 e. The largest absolute Gasteiger partial charge is 0.247 e. The molecule has 3 fully saturated rings. The second-order valence-corrected chi connectivity index (χ2v) is 9.97. The zero-order valence-corrected chi connectivity index (χ0v) is 17.3. The third-order valence-electron chi connectivity index (χ3n) is 8.39. The van der Waals surface area contributed by atoms with Gasteiger partial charge in [-0.1, -0.05) is 51.5 Å². The fraction of sp³-hybridized carbons (Fsp3) is 0.920. The van der Waals surface area contributed by atoms with Gasteiger partial charge in [0.15, 0.2) is 0 Å². The Balaban J connectivity index is 1.41. The molecule has 0 bridgehead atoms. The zero-order valence-electron chi connectivity index (χ0n) is 17.3. The molecule has 3 aliphatic carbocycles. The summed E-state index contributed by atoms with van der Waals surface area (Å²) >= 11 is 0. The molecule has 26 heavy (non-hydrogen) atoms. The van der Waals surface area contributed by atoms with Gasteiger partial charge in [-0.3, -0.25) is 0 Å². The van der Waals surface area contributed by atoms with Crippen LogP contribution in [0.2, 0.25) is 0 Å². The SMILES string of the molecule is C=CCCC1CCC(C2CCC(C3CCC(CCC)CC3)CC2F)CC1. The quantitative estimate of drug-likeness (QED) is 0.401. The van der Waals surface area contributed by atoms with Crippen LogP contribution >= 0.6 is 0 Å². The van der Waals surface area contributed by atoms with Crippen molar-refractivity contribution < 1.29 is 4.39 Å². The lowest BCUT2D eigenvalue weighted by molar-refractivity contribution is 0.0327. The number of rotatable bonds is 7. The van der Waals surface area contributed by atoms with Crippen molar-refractivity contribution in [2.24, 2.45) is 35.5 Å². The van der Waals surface area contributed by atoms with Crippen molar-refractivity contribution in [1.82, 2.24) is 0 Å². The van der Waals surface area contributed by atoms with Crippen LogP contribution in [-0.4, -0.2) is 6.17 Å². The lowest BCUT2D eigenvalue weighted by atomic mass is 9.64. The third-order valence-corrected chi connectivity index (χ3v) is 8.39. The minimum Gasteiger partial charge on any atom is -0.247 e. The molecule has 0 radical (unpaired) electrons. The summed E-state index contributed by atoms with van der Waals surface area (Å²) in [6, 6.07) is 0. The molecule has 0 aromatic rings. The van der Waals surface area contributed by atoms with Crippen molar-refractivity contribution in [2.45, 2.75) is 109 Å². The van der Waals surface area contributed by atoms with Crippen molar-refractivity contribution in [3.8, 4) is 0 Å². The minimum atomic E-state index is -0.503. The van der Waals surface area contributed by atoms with Gasteiger partial charge >= 0.3 is 0 Å². The third kappa shape index (κ3) is 5.35. The molecule has 3 saturated carbocycles. The van der Waals surface area contributed by atoms with Crippen LogP contribution in [0.15, 0.2) is 12.7 Å². The predicted molar refractivity (Wildman–Crippen MR) is 111 cm³/mol. The summed E-state index contributed by atoms with van der Waals surface area (Å²) in [5.74, 6) is 4.49. The van der Waals surface area contributed by atoms with E-state index in [1.54, 1.807) is 0 Å². The summed E-state index contributed by atoms with van der Waals surface area (Å²) in [7, 11) is 0. The van der Waals surface area contributed by atoms with E-state index < -0.39 is 6.17 Å². The summed E-state index contributed by atoms with van der Waals surface area (Å²) in [4.78, 5) is 0. The Morgan fingerprint density at radius 1 is 0.769 bits per heavy atom.